The molecule has 0 aliphatic rings. The third-order valence-electron chi connectivity index (χ3n) is 3.15. The first-order valence-corrected chi connectivity index (χ1v) is 7.59. The van der Waals surface area contributed by atoms with E-state index in [-0.39, 0.29) is 36.1 Å². The molecule has 1 amide bonds. The third-order valence-corrected chi connectivity index (χ3v) is 3.75. The number of nitrogens with zero attached hydrogens (tertiary/aromatic N) is 1. The number of carbonyl (C=O) groups is 1. The van der Waals surface area contributed by atoms with E-state index in [1.807, 2.05) is 0 Å². The molecule has 126 valence electrons. The Kier molecular flexibility index (Phi) is 5.75. The Bertz CT molecular complexity index is 796. The molecule has 2 rings (SSSR count). The maximum atomic E-state index is 13.2. The molecule has 0 fully saturated rings. The van der Waals surface area contributed by atoms with E-state index in [2.05, 4.69) is 21.1 Å². The lowest BCUT2D eigenvalue weighted by atomic mass is 10.1. The summed E-state index contributed by atoms with van der Waals surface area (Å²) in [6.07, 6.45) is -0.0406. The summed E-state index contributed by atoms with van der Waals surface area (Å²) in [7, 11) is 0. The monoisotopic (exact) mass is 396 g/mol. The minimum atomic E-state index is -0.857. The highest BCUT2D eigenvalue weighted by molar-refractivity contribution is 9.10. The van der Waals surface area contributed by atoms with Crippen molar-refractivity contribution in [2.75, 3.05) is 0 Å². The van der Waals surface area contributed by atoms with Crippen molar-refractivity contribution in [1.29, 1.82) is 0 Å². The van der Waals surface area contributed by atoms with Crippen molar-refractivity contribution in [2.45, 2.75) is 13.0 Å². The van der Waals surface area contributed by atoms with Crippen molar-refractivity contribution < 1.29 is 24.2 Å². The molecule has 0 spiro atoms. The van der Waals surface area contributed by atoms with Crippen molar-refractivity contribution in [2.24, 2.45) is 10.9 Å². The number of rotatable bonds is 6. The van der Waals surface area contributed by atoms with Crippen molar-refractivity contribution in [3.63, 3.8) is 0 Å². The van der Waals surface area contributed by atoms with Crippen LogP contribution in [0.25, 0.3) is 0 Å². The predicted molar refractivity (Wildman–Crippen MR) is 88.7 cm³/mol. The fraction of sp³-hybridized carbons (Fsp3) is 0.125. The zero-order valence-electron chi connectivity index (χ0n) is 12.4. The largest absolute Gasteiger partial charge is 0.503 e. The zero-order chi connectivity index (χ0) is 17.7. The number of hydrogen-bond donors (Lipinski definition) is 3. The number of hydrogen-bond acceptors (Lipinski definition) is 5. The van der Waals surface area contributed by atoms with Gasteiger partial charge in [0.2, 0.25) is 0 Å². The van der Waals surface area contributed by atoms with Gasteiger partial charge in [0.1, 0.15) is 18.1 Å². The van der Waals surface area contributed by atoms with E-state index in [4.69, 9.17) is 15.7 Å². The number of amides is 1. The van der Waals surface area contributed by atoms with Gasteiger partial charge in [0.25, 0.3) is 5.91 Å². The molecule has 0 aliphatic carbocycles. The standard InChI is InChI=1S/C16H14BrFN2O4/c17-12-5-10(6-13(20-23)16(19)22)7-14(15(12)21)24-8-9-2-1-3-11(18)4-9/h1-5,7,21,23H,6,8H2,(H2,19,22). The smallest absolute Gasteiger partial charge is 0.266 e. The second-order valence-corrected chi connectivity index (χ2v) is 5.79. The number of primary amides is 1. The molecular formula is C16H14BrFN2O4. The molecule has 0 radical (unpaired) electrons. The maximum Gasteiger partial charge on any atom is 0.266 e. The van der Waals surface area contributed by atoms with E-state index in [1.54, 1.807) is 18.2 Å². The van der Waals surface area contributed by atoms with Crippen molar-refractivity contribution in [1.82, 2.24) is 0 Å². The van der Waals surface area contributed by atoms with Gasteiger partial charge in [0.05, 0.1) is 4.47 Å². The number of benzene rings is 2. The van der Waals surface area contributed by atoms with Crippen LogP contribution < -0.4 is 10.5 Å². The van der Waals surface area contributed by atoms with E-state index < -0.39 is 5.91 Å². The third kappa shape index (κ3) is 4.45. The first-order chi connectivity index (χ1) is 11.4. The molecule has 24 heavy (non-hydrogen) atoms. The molecule has 0 aromatic heterocycles. The minimum Gasteiger partial charge on any atom is -0.503 e. The SMILES string of the molecule is NC(=O)C(Cc1cc(Br)c(O)c(OCc2cccc(F)c2)c1)=NO. The van der Waals surface area contributed by atoms with E-state index in [0.717, 1.165) is 0 Å². The normalized spacial score (nSPS) is 11.3. The number of phenols is 1. The number of halogens is 2. The van der Waals surface area contributed by atoms with Crippen LogP contribution in [0.5, 0.6) is 11.5 Å². The molecule has 8 heteroatoms. The quantitative estimate of drug-likeness (QED) is 0.396. The lowest BCUT2D eigenvalue weighted by Gasteiger charge is -2.12. The molecule has 0 saturated carbocycles. The van der Waals surface area contributed by atoms with Gasteiger partial charge in [-0.05, 0) is 51.3 Å². The number of oxime groups is 1. The maximum absolute atomic E-state index is 13.2. The van der Waals surface area contributed by atoms with Crippen LogP contribution in [0.4, 0.5) is 4.39 Å². The molecule has 0 atom stereocenters. The van der Waals surface area contributed by atoms with E-state index in [1.165, 1.54) is 18.2 Å². The molecular weight excluding hydrogens is 383 g/mol. The molecule has 0 unspecified atom stereocenters. The molecule has 6 nitrogen and oxygen atoms in total. The van der Waals surface area contributed by atoms with Gasteiger partial charge in [-0.15, -0.1) is 0 Å². The second kappa shape index (κ2) is 7.78. The van der Waals surface area contributed by atoms with Gasteiger partial charge in [-0.2, -0.15) is 0 Å². The summed E-state index contributed by atoms with van der Waals surface area (Å²) in [5, 5.41) is 21.7. The highest BCUT2D eigenvalue weighted by atomic mass is 79.9. The van der Waals surface area contributed by atoms with Crippen LogP contribution in [0.1, 0.15) is 11.1 Å². The highest BCUT2D eigenvalue weighted by Gasteiger charge is 2.14. The van der Waals surface area contributed by atoms with Gasteiger partial charge in [0.15, 0.2) is 11.5 Å². The zero-order valence-corrected chi connectivity index (χ0v) is 14.0. The fourth-order valence-corrected chi connectivity index (χ4v) is 2.48. The molecule has 0 bridgehead atoms. The molecule has 2 aromatic carbocycles. The molecule has 0 heterocycles. The van der Waals surface area contributed by atoms with E-state index in [9.17, 15) is 14.3 Å². The van der Waals surface area contributed by atoms with Gasteiger partial charge in [-0.25, -0.2) is 4.39 Å². The van der Waals surface area contributed by atoms with E-state index >= 15 is 0 Å². The van der Waals surface area contributed by atoms with Gasteiger partial charge in [-0.1, -0.05) is 17.3 Å². The summed E-state index contributed by atoms with van der Waals surface area (Å²) in [5.74, 6) is -1.26. The number of phenolic OH excluding ortho intramolecular Hbond substituents is 1. The van der Waals surface area contributed by atoms with Gasteiger partial charge >= 0.3 is 0 Å². The van der Waals surface area contributed by atoms with Crippen LogP contribution in [0.15, 0.2) is 46.0 Å². The first-order valence-electron chi connectivity index (χ1n) is 6.80. The number of nitrogens with two attached hydrogens (primary N) is 1. The van der Waals surface area contributed by atoms with Crippen LogP contribution in [-0.4, -0.2) is 21.9 Å². The average molecular weight is 397 g/mol. The highest BCUT2D eigenvalue weighted by Crippen LogP contribution is 2.36. The number of carbonyl (C=O) groups excluding carboxylic acids is 1. The average Bonchev–Trinajstić information content (AvgIpc) is 2.54. The van der Waals surface area contributed by atoms with Gasteiger partial charge in [-0.3, -0.25) is 4.79 Å². The van der Waals surface area contributed by atoms with Crippen LogP contribution in [-0.2, 0) is 17.8 Å². The summed E-state index contributed by atoms with van der Waals surface area (Å²) in [6, 6.07) is 8.89. The number of ether oxygens (including phenoxy) is 1. The lowest BCUT2D eigenvalue weighted by Crippen LogP contribution is -2.25. The van der Waals surface area contributed by atoms with Crippen molar-refractivity contribution in [3.8, 4) is 11.5 Å². The Morgan fingerprint density at radius 1 is 1.29 bits per heavy atom. The summed E-state index contributed by atoms with van der Waals surface area (Å²) < 4.78 is 19.0. The van der Waals surface area contributed by atoms with Crippen molar-refractivity contribution >= 4 is 27.5 Å². The Labute approximate surface area is 145 Å². The van der Waals surface area contributed by atoms with Crippen LogP contribution in [0, 0.1) is 5.82 Å². The Morgan fingerprint density at radius 3 is 2.67 bits per heavy atom. The summed E-state index contributed by atoms with van der Waals surface area (Å²) in [5.41, 5.74) is 5.98. The fourth-order valence-electron chi connectivity index (χ4n) is 1.99. The minimum absolute atomic E-state index is 0.0397. The molecule has 4 N–H and O–H groups in total. The second-order valence-electron chi connectivity index (χ2n) is 4.93. The summed E-state index contributed by atoms with van der Waals surface area (Å²) >= 11 is 3.18. The van der Waals surface area contributed by atoms with Crippen LogP contribution >= 0.6 is 15.9 Å². The molecule has 2 aromatic rings. The molecule has 0 saturated heterocycles. The van der Waals surface area contributed by atoms with Crippen LogP contribution in [0.2, 0.25) is 0 Å². The van der Waals surface area contributed by atoms with Crippen LogP contribution in [0.3, 0.4) is 0 Å². The Balaban J connectivity index is 2.21. The number of aromatic hydroxyl groups is 1. The van der Waals surface area contributed by atoms with Crippen molar-refractivity contribution in [3.05, 3.63) is 57.8 Å². The predicted octanol–water partition coefficient (Wildman–Crippen LogP) is 2.73. The topological polar surface area (TPSA) is 105 Å². The molecule has 0 aliphatic heterocycles. The first kappa shape index (κ1) is 17.7. The lowest BCUT2D eigenvalue weighted by molar-refractivity contribution is -0.112. The van der Waals surface area contributed by atoms with Gasteiger partial charge < -0.3 is 20.8 Å². The summed E-state index contributed by atoms with van der Waals surface area (Å²) in [4.78, 5) is 11.1. The Morgan fingerprint density at radius 2 is 2.04 bits per heavy atom. The van der Waals surface area contributed by atoms with Gasteiger partial charge in [0, 0.05) is 6.42 Å². The van der Waals surface area contributed by atoms with E-state index in [0.29, 0.717) is 15.6 Å². The summed E-state index contributed by atoms with van der Waals surface area (Å²) in [6.45, 7) is 0.0397. The Hall–Kier alpha value is -2.61.